The van der Waals surface area contributed by atoms with Crippen molar-refractivity contribution in [2.24, 2.45) is 0 Å². The third-order valence-corrected chi connectivity index (χ3v) is 4.72. The van der Waals surface area contributed by atoms with Gasteiger partial charge < -0.3 is 15.0 Å². The predicted octanol–water partition coefficient (Wildman–Crippen LogP) is 2.27. The maximum atomic E-state index is 12.1. The monoisotopic (exact) mass is 333 g/mol. The number of hydrogen-bond donors (Lipinski definition) is 2. The lowest BCUT2D eigenvalue weighted by Gasteiger charge is -2.25. The first-order chi connectivity index (χ1) is 10.2. The van der Waals surface area contributed by atoms with Gasteiger partial charge in [0, 0.05) is 31.0 Å². The molecule has 1 amide bonds. The molecule has 2 unspecified atom stereocenters. The third-order valence-electron chi connectivity index (χ3n) is 3.45. The summed E-state index contributed by atoms with van der Waals surface area (Å²) in [5, 5.41) is 3.53. The first-order valence-electron chi connectivity index (χ1n) is 8.17. The van der Waals surface area contributed by atoms with E-state index >= 15 is 0 Å². The van der Waals surface area contributed by atoms with Gasteiger partial charge in [-0.3, -0.25) is 9.52 Å². The van der Waals surface area contributed by atoms with E-state index in [4.69, 9.17) is 4.74 Å². The summed E-state index contributed by atoms with van der Waals surface area (Å²) >= 11 is 1.77. The van der Waals surface area contributed by atoms with Crippen molar-refractivity contribution in [3.8, 4) is 0 Å². The standard InChI is InChI=1S/C16H35N3O2S/c1-8-14(3)22-18-13(2)9-12-21-16(4,5)15(20)17-10-11-19(6)7/h13-14,18H,8-12H2,1-7H3,(H,17,20). The molecule has 2 atom stereocenters. The maximum Gasteiger partial charge on any atom is 0.251 e. The number of nitrogens with one attached hydrogen (secondary N) is 2. The molecule has 0 heterocycles. The Labute approximate surface area is 141 Å². The van der Waals surface area contributed by atoms with E-state index in [0.29, 0.717) is 24.4 Å². The highest BCUT2D eigenvalue weighted by atomic mass is 32.2. The number of likely N-dealkylation sites (N-methyl/N-ethyl adjacent to an activating group) is 1. The van der Waals surface area contributed by atoms with Gasteiger partial charge in [-0.1, -0.05) is 25.8 Å². The lowest BCUT2D eigenvalue weighted by molar-refractivity contribution is -0.143. The number of hydrogen-bond acceptors (Lipinski definition) is 5. The normalized spacial score (nSPS) is 14.9. The van der Waals surface area contributed by atoms with Gasteiger partial charge in [0.1, 0.15) is 5.60 Å². The first kappa shape index (κ1) is 21.7. The lowest BCUT2D eigenvalue weighted by Crippen LogP contribution is -2.46. The van der Waals surface area contributed by atoms with Crippen LogP contribution in [0.2, 0.25) is 0 Å². The van der Waals surface area contributed by atoms with Crippen molar-refractivity contribution in [3.63, 3.8) is 0 Å². The molecule has 0 aliphatic heterocycles. The molecule has 5 nitrogen and oxygen atoms in total. The molecule has 0 bridgehead atoms. The number of amides is 1. The molecule has 22 heavy (non-hydrogen) atoms. The summed E-state index contributed by atoms with van der Waals surface area (Å²) in [5.41, 5.74) is -0.782. The van der Waals surface area contributed by atoms with Crippen LogP contribution >= 0.6 is 11.9 Å². The van der Waals surface area contributed by atoms with Crippen molar-refractivity contribution in [3.05, 3.63) is 0 Å². The molecule has 6 heteroatoms. The van der Waals surface area contributed by atoms with Gasteiger partial charge in [-0.25, -0.2) is 0 Å². The van der Waals surface area contributed by atoms with Gasteiger partial charge in [0.2, 0.25) is 0 Å². The van der Waals surface area contributed by atoms with Crippen molar-refractivity contribution in [1.82, 2.24) is 14.9 Å². The molecule has 0 aliphatic rings. The molecule has 0 spiro atoms. The zero-order valence-electron chi connectivity index (χ0n) is 15.4. The molecule has 0 aromatic heterocycles. The molecule has 2 N–H and O–H groups in total. The van der Waals surface area contributed by atoms with Gasteiger partial charge in [0.15, 0.2) is 0 Å². The van der Waals surface area contributed by atoms with Crippen LogP contribution in [0.5, 0.6) is 0 Å². The van der Waals surface area contributed by atoms with Crippen LogP contribution in [-0.2, 0) is 9.53 Å². The highest BCUT2D eigenvalue weighted by Gasteiger charge is 2.28. The smallest absolute Gasteiger partial charge is 0.251 e. The van der Waals surface area contributed by atoms with E-state index in [1.165, 1.54) is 0 Å². The van der Waals surface area contributed by atoms with Crippen LogP contribution in [0, 0.1) is 0 Å². The second-order valence-corrected chi connectivity index (χ2v) is 7.84. The van der Waals surface area contributed by atoms with Crippen LogP contribution in [0.15, 0.2) is 0 Å². The van der Waals surface area contributed by atoms with Crippen molar-refractivity contribution in [2.45, 2.75) is 64.4 Å². The van der Waals surface area contributed by atoms with Crippen LogP contribution in [-0.4, -0.2) is 61.5 Å². The Balaban J connectivity index is 3.93. The van der Waals surface area contributed by atoms with Gasteiger partial charge in [-0.15, -0.1) is 0 Å². The highest BCUT2D eigenvalue weighted by molar-refractivity contribution is 7.98. The van der Waals surface area contributed by atoms with Crippen molar-refractivity contribution < 1.29 is 9.53 Å². The molecule has 0 saturated carbocycles. The van der Waals surface area contributed by atoms with Crippen molar-refractivity contribution in [2.75, 3.05) is 33.8 Å². The number of ether oxygens (including phenoxy) is 1. The van der Waals surface area contributed by atoms with Gasteiger partial charge in [-0.2, -0.15) is 0 Å². The summed E-state index contributed by atoms with van der Waals surface area (Å²) in [5.74, 6) is -0.0519. The Hall–Kier alpha value is -0.300. The second kappa shape index (κ2) is 11.3. The Bertz CT molecular complexity index is 312. The third kappa shape index (κ3) is 10.4. The fraction of sp³-hybridized carbons (Fsp3) is 0.938. The van der Waals surface area contributed by atoms with E-state index in [1.54, 1.807) is 11.9 Å². The Kier molecular flexibility index (Phi) is 11.1. The van der Waals surface area contributed by atoms with E-state index in [1.807, 2.05) is 32.8 Å². The Morgan fingerprint density at radius 2 is 1.95 bits per heavy atom. The van der Waals surface area contributed by atoms with E-state index in [2.05, 4.69) is 30.8 Å². The number of carbonyl (C=O) groups is 1. The van der Waals surface area contributed by atoms with E-state index in [-0.39, 0.29) is 5.91 Å². The number of carbonyl (C=O) groups excluding carboxylic acids is 1. The zero-order chi connectivity index (χ0) is 17.2. The second-order valence-electron chi connectivity index (χ2n) is 6.56. The van der Waals surface area contributed by atoms with Crippen molar-refractivity contribution >= 4 is 17.9 Å². The fourth-order valence-electron chi connectivity index (χ4n) is 1.54. The summed E-state index contributed by atoms with van der Waals surface area (Å²) in [6.07, 6.45) is 2.04. The van der Waals surface area contributed by atoms with Crippen LogP contribution in [0.25, 0.3) is 0 Å². The molecule has 0 aromatic rings. The minimum Gasteiger partial charge on any atom is -0.366 e. The first-order valence-corrected chi connectivity index (χ1v) is 9.05. The number of rotatable bonds is 12. The molecule has 0 saturated heterocycles. The van der Waals surface area contributed by atoms with Crippen LogP contribution in [0.4, 0.5) is 0 Å². The summed E-state index contributed by atoms with van der Waals surface area (Å²) < 4.78 is 9.20. The van der Waals surface area contributed by atoms with E-state index in [0.717, 1.165) is 19.4 Å². The minimum atomic E-state index is -0.782. The maximum absolute atomic E-state index is 12.1. The van der Waals surface area contributed by atoms with Gasteiger partial charge in [-0.05, 0) is 47.7 Å². The molecule has 0 aliphatic carbocycles. The average molecular weight is 334 g/mol. The predicted molar refractivity (Wildman–Crippen MR) is 96.2 cm³/mol. The highest BCUT2D eigenvalue weighted by Crippen LogP contribution is 2.13. The van der Waals surface area contributed by atoms with Gasteiger partial charge >= 0.3 is 0 Å². The molecule has 0 radical (unpaired) electrons. The molecular formula is C16H35N3O2S. The Morgan fingerprint density at radius 3 is 2.50 bits per heavy atom. The molecule has 0 fully saturated rings. The summed E-state index contributed by atoms with van der Waals surface area (Å²) in [4.78, 5) is 14.1. The summed E-state index contributed by atoms with van der Waals surface area (Å²) in [6.45, 7) is 12.2. The molecule has 0 aromatic carbocycles. The van der Waals surface area contributed by atoms with Crippen LogP contribution in [0.3, 0.4) is 0 Å². The van der Waals surface area contributed by atoms with Gasteiger partial charge in [0.05, 0.1) is 0 Å². The van der Waals surface area contributed by atoms with Crippen molar-refractivity contribution in [1.29, 1.82) is 0 Å². The average Bonchev–Trinajstić information content (AvgIpc) is 2.43. The SMILES string of the molecule is CCC(C)SNC(C)CCOC(C)(C)C(=O)NCCN(C)C. The number of nitrogens with zero attached hydrogens (tertiary/aromatic N) is 1. The largest absolute Gasteiger partial charge is 0.366 e. The summed E-state index contributed by atoms with van der Waals surface area (Å²) in [6, 6.07) is 0.367. The lowest BCUT2D eigenvalue weighted by atomic mass is 10.1. The van der Waals surface area contributed by atoms with Gasteiger partial charge in [0.25, 0.3) is 5.91 Å². The van der Waals surface area contributed by atoms with Crippen LogP contribution in [0.1, 0.15) is 47.5 Å². The van der Waals surface area contributed by atoms with E-state index < -0.39 is 5.60 Å². The van der Waals surface area contributed by atoms with E-state index in [9.17, 15) is 4.79 Å². The molecule has 0 rings (SSSR count). The Morgan fingerprint density at radius 1 is 1.32 bits per heavy atom. The minimum absolute atomic E-state index is 0.0519. The summed E-state index contributed by atoms with van der Waals surface area (Å²) in [7, 11) is 3.97. The molecule has 132 valence electrons. The zero-order valence-corrected chi connectivity index (χ0v) is 16.2. The topological polar surface area (TPSA) is 53.6 Å². The quantitative estimate of drug-likeness (QED) is 0.537. The fourth-order valence-corrected chi connectivity index (χ4v) is 2.29. The molecular weight excluding hydrogens is 298 g/mol. The van der Waals surface area contributed by atoms with Crippen LogP contribution < -0.4 is 10.0 Å².